The molecule has 3 nitrogen and oxygen atoms in total. The molecule has 0 spiro atoms. The summed E-state index contributed by atoms with van der Waals surface area (Å²) in [6.07, 6.45) is 1.25. The van der Waals surface area contributed by atoms with E-state index < -0.39 is 0 Å². The predicted octanol–water partition coefficient (Wildman–Crippen LogP) is 4.14. The number of carbonyl (C=O) groups excluding carboxylic acids is 1. The van der Waals surface area contributed by atoms with E-state index in [0.29, 0.717) is 5.02 Å². The van der Waals surface area contributed by atoms with Crippen LogP contribution in [-0.2, 0) is 4.79 Å². The highest BCUT2D eigenvalue weighted by molar-refractivity contribution is 7.13. The third-order valence-corrected chi connectivity index (χ3v) is 4.32. The molecule has 104 valence electrons. The van der Waals surface area contributed by atoms with Crippen molar-refractivity contribution in [2.45, 2.75) is 19.9 Å². The summed E-state index contributed by atoms with van der Waals surface area (Å²) in [4.78, 5) is 16.7. The van der Waals surface area contributed by atoms with Gasteiger partial charge in [-0.25, -0.2) is 4.98 Å². The summed E-state index contributed by atoms with van der Waals surface area (Å²) >= 11 is 7.91. The summed E-state index contributed by atoms with van der Waals surface area (Å²) in [5, 5.41) is 3.43. The molecule has 2 aromatic rings. The second kappa shape index (κ2) is 6.20. The standard InChI is InChI=1S/C15H15ClN2OS/c1-4-14(19)18-9(2)12-6-5-11(7-13(12)16)15-10(3)17-8-20-15/h4-9H,1H2,2-3H3,(H,18,19). The van der Waals surface area contributed by atoms with Gasteiger partial charge in [0, 0.05) is 5.02 Å². The lowest BCUT2D eigenvalue weighted by Gasteiger charge is -2.15. The van der Waals surface area contributed by atoms with Crippen LogP contribution >= 0.6 is 22.9 Å². The first-order valence-corrected chi connectivity index (χ1v) is 7.41. The van der Waals surface area contributed by atoms with Crippen LogP contribution in [0.3, 0.4) is 0 Å². The second-order valence-electron chi connectivity index (χ2n) is 4.44. The average Bonchev–Trinajstić information content (AvgIpc) is 2.84. The molecule has 0 saturated heterocycles. The van der Waals surface area contributed by atoms with Gasteiger partial charge >= 0.3 is 0 Å². The van der Waals surface area contributed by atoms with Crippen molar-refractivity contribution in [3.8, 4) is 10.4 Å². The van der Waals surface area contributed by atoms with Crippen LogP contribution in [0, 0.1) is 6.92 Å². The molecule has 0 radical (unpaired) electrons. The minimum Gasteiger partial charge on any atom is -0.346 e. The van der Waals surface area contributed by atoms with Crippen molar-refractivity contribution in [3.05, 3.63) is 52.6 Å². The first kappa shape index (κ1) is 14.8. The highest BCUT2D eigenvalue weighted by Crippen LogP contribution is 2.32. The minimum atomic E-state index is -0.212. The number of hydrogen-bond acceptors (Lipinski definition) is 3. The van der Waals surface area contributed by atoms with Crippen LogP contribution in [0.2, 0.25) is 5.02 Å². The first-order chi connectivity index (χ1) is 9.52. The summed E-state index contributed by atoms with van der Waals surface area (Å²) in [6, 6.07) is 5.68. The fourth-order valence-corrected chi connectivity index (χ4v) is 3.10. The molecular formula is C15H15ClN2OS. The van der Waals surface area contributed by atoms with Crippen LogP contribution < -0.4 is 5.32 Å². The van der Waals surface area contributed by atoms with Crippen LogP contribution in [0.15, 0.2) is 36.4 Å². The number of aromatic nitrogens is 1. The Hall–Kier alpha value is -1.65. The predicted molar refractivity (Wildman–Crippen MR) is 84.1 cm³/mol. The Morgan fingerprint density at radius 1 is 1.55 bits per heavy atom. The van der Waals surface area contributed by atoms with Crippen LogP contribution in [0.5, 0.6) is 0 Å². The molecule has 0 fully saturated rings. The van der Waals surface area contributed by atoms with E-state index >= 15 is 0 Å². The van der Waals surface area contributed by atoms with Crippen LogP contribution in [-0.4, -0.2) is 10.9 Å². The van der Waals surface area contributed by atoms with Crippen LogP contribution in [0.1, 0.15) is 24.2 Å². The Balaban J connectivity index is 2.28. The molecule has 1 heterocycles. The van der Waals surface area contributed by atoms with Gasteiger partial charge in [0.1, 0.15) is 0 Å². The highest BCUT2D eigenvalue weighted by Gasteiger charge is 2.13. The zero-order valence-electron chi connectivity index (χ0n) is 11.3. The van der Waals surface area contributed by atoms with Crippen LogP contribution in [0.4, 0.5) is 0 Å². The van der Waals surface area contributed by atoms with Crippen molar-refractivity contribution in [1.82, 2.24) is 10.3 Å². The minimum absolute atomic E-state index is 0.162. The number of benzene rings is 1. The Bertz CT molecular complexity index is 651. The number of carbonyl (C=O) groups is 1. The number of nitrogens with zero attached hydrogens (tertiary/aromatic N) is 1. The number of hydrogen-bond donors (Lipinski definition) is 1. The van der Waals surface area contributed by atoms with Crippen molar-refractivity contribution in [1.29, 1.82) is 0 Å². The van der Waals surface area contributed by atoms with E-state index in [2.05, 4.69) is 16.9 Å². The molecule has 1 aromatic heterocycles. The van der Waals surface area contributed by atoms with Gasteiger partial charge in [-0.2, -0.15) is 0 Å². The molecule has 0 bridgehead atoms. The third kappa shape index (κ3) is 3.08. The number of nitrogens with one attached hydrogen (secondary N) is 1. The molecule has 0 aliphatic carbocycles. The first-order valence-electron chi connectivity index (χ1n) is 6.15. The number of amides is 1. The molecule has 20 heavy (non-hydrogen) atoms. The third-order valence-electron chi connectivity index (χ3n) is 3.02. The van der Waals surface area contributed by atoms with Gasteiger partial charge in [-0.15, -0.1) is 11.3 Å². The van der Waals surface area contributed by atoms with Gasteiger partial charge in [0.2, 0.25) is 5.91 Å². The topological polar surface area (TPSA) is 42.0 Å². The van der Waals surface area contributed by atoms with E-state index in [4.69, 9.17) is 11.6 Å². The summed E-state index contributed by atoms with van der Waals surface area (Å²) < 4.78 is 0. The Morgan fingerprint density at radius 3 is 2.85 bits per heavy atom. The fraction of sp³-hybridized carbons (Fsp3) is 0.200. The van der Waals surface area contributed by atoms with Gasteiger partial charge in [-0.1, -0.05) is 30.3 Å². The van der Waals surface area contributed by atoms with Crippen molar-refractivity contribution in [2.24, 2.45) is 0 Å². The number of rotatable bonds is 4. The molecule has 1 N–H and O–H groups in total. The molecule has 2 rings (SSSR count). The molecule has 1 aromatic carbocycles. The Labute approximate surface area is 127 Å². The molecule has 5 heteroatoms. The normalized spacial score (nSPS) is 11.9. The quantitative estimate of drug-likeness (QED) is 0.863. The van der Waals surface area contributed by atoms with E-state index in [1.807, 2.05) is 37.6 Å². The Morgan fingerprint density at radius 2 is 2.30 bits per heavy atom. The van der Waals surface area contributed by atoms with Gasteiger partial charge in [-0.05, 0) is 37.1 Å². The fourth-order valence-electron chi connectivity index (χ4n) is 1.95. The maximum atomic E-state index is 11.3. The van der Waals surface area contributed by atoms with Gasteiger partial charge in [0.25, 0.3) is 0 Å². The maximum Gasteiger partial charge on any atom is 0.243 e. The van der Waals surface area contributed by atoms with Gasteiger partial charge in [0.05, 0.1) is 22.1 Å². The number of aryl methyl sites for hydroxylation is 1. The van der Waals surface area contributed by atoms with Gasteiger partial charge in [0.15, 0.2) is 0 Å². The maximum absolute atomic E-state index is 11.3. The van der Waals surface area contributed by atoms with Crippen molar-refractivity contribution < 1.29 is 4.79 Å². The van der Waals surface area contributed by atoms with E-state index in [1.165, 1.54) is 6.08 Å². The zero-order valence-corrected chi connectivity index (χ0v) is 12.9. The molecule has 1 atom stereocenters. The summed E-state index contributed by atoms with van der Waals surface area (Å²) in [5.41, 5.74) is 4.74. The van der Waals surface area contributed by atoms with Gasteiger partial charge in [-0.3, -0.25) is 4.79 Å². The SMILES string of the molecule is C=CC(=O)NC(C)c1ccc(-c2scnc2C)cc1Cl. The number of thiazole rings is 1. The molecule has 1 amide bonds. The second-order valence-corrected chi connectivity index (χ2v) is 5.70. The largest absolute Gasteiger partial charge is 0.346 e. The van der Waals surface area contributed by atoms with E-state index in [-0.39, 0.29) is 11.9 Å². The van der Waals surface area contributed by atoms with E-state index in [9.17, 15) is 4.79 Å². The zero-order chi connectivity index (χ0) is 14.7. The van der Waals surface area contributed by atoms with Crippen LogP contribution in [0.25, 0.3) is 10.4 Å². The van der Waals surface area contributed by atoms with Gasteiger partial charge < -0.3 is 5.32 Å². The van der Waals surface area contributed by atoms with Crippen molar-refractivity contribution in [3.63, 3.8) is 0 Å². The van der Waals surface area contributed by atoms with Crippen molar-refractivity contribution >= 4 is 28.8 Å². The molecule has 1 unspecified atom stereocenters. The lowest BCUT2D eigenvalue weighted by atomic mass is 10.0. The number of halogens is 1. The molecule has 0 aliphatic heterocycles. The summed E-state index contributed by atoms with van der Waals surface area (Å²) in [7, 11) is 0. The molecular weight excluding hydrogens is 292 g/mol. The smallest absolute Gasteiger partial charge is 0.243 e. The average molecular weight is 307 g/mol. The van der Waals surface area contributed by atoms with E-state index in [0.717, 1.165) is 21.7 Å². The lowest BCUT2D eigenvalue weighted by molar-refractivity contribution is -0.117. The van der Waals surface area contributed by atoms with E-state index in [1.54, 1.807) is 11.3 Å². The Kier molecular flexibility index (Phi) is 4.57. The summed E-state index contributed by atoms with van der Waals surface area (Å²) in [6.45, 7) is 7.30. The highest BCUT2D eigenvalue weighted by atomic mass is 35.5. The van der Waals surface area contributed by atoms with Crippen molar-refractivity contribution in [2.75, 3.05) is 0 Å². The molecule has 0 saturated carbocycles. The monoisotopic (exact) mass is 306 g/mol. The lowest BCUT2D eigenvalue weighted by Crippen LogP contribution is -2.24. The molecule has 0 aliphatic rings. The summed E-state index contributed by atoms with van der Waals surface area (Å²) in [5.74, 6) is -0.212.